The summed E-state index contributed by atoms with van der Waals surface area (Å²) in [5, 5.41) is 0. The number of halogens is 1. The highest BCUT2D eigenvalue weighted by molar-refractivity contribution is 5.96. The number of piperidine rings is 1. The number of ether oxygens (including phenoxy) is 1. The van der Waals surface area contributed by atoms with Crippen LogP contribution in [0.3, 0.4) is 0 Å². The van der Waals surface area contributed by atoms with Crippen LogP contribution in [0.15, 0.2) is 18.2 Å². The number of fused-ring (bicyclic) bond motifs is 1. The number of hydrogen-bond donors (Lipinski definition) is 1. The molecule has 0 bridgehead atoms. The van der Waals surface area contributed by atoms with E-state index in [2.05, 4.69) is 28.3 Å². The van der Waals surface area contributed by atoms with Crippen molar-refractivity contribution < 1.29 is 19.0 Å². The van der Waals surface area contributed by atoms with Gasteiger partial charge in [0.1, 0.15) is 11.9 Å². The third-order valence-corrected chi connectivity index (χ3v) is 6.32. The van der Waals surface area contributed by atoms with Crippen molar-refractivity contribution in [2.75, 3.05) is 19.7 Å². The lowest BCUT2D eigenvalue weighted by atomic mass is 9.84. The topological polar surface area (TPSA) is 82.6 Å². The summed E-state index contributed by atoms with van der Waals surface area (Å²) in [6.07, 6.45) is 1.63. The number of carbonyl (C=O) groups excluding carboxylic acids is 1. The van der Waals surface area contributed by atoms with Crippen LogP contribution in [-0.4, -0.2) is 52.3 Å². The van der Waals surface area contributed by atoms with Crippen molar-refractivity contribution in [1.29, 1.82) is 0 Å². The van der Waals surface area contributed by atoms with Gasteiger partial charge in [-0.1, -0.05) is 13.8 Å². The molecule has 0 aliphatic carbocycles. The molecule has 1 amide bonds. The second-order valence-corrected chi connectivity index (χ2v) is 8.55. The first-order valence-corrected chi connectivity index (χ1v) is 10.4. The third kappa shape index (κ3) is 4.15. The molecule has 29 heavy (non-hydrogen) atoms. The number of primary amides is 1. The van der Waals surface area contributed by atoms with Crippen LogP contribution in [0.2, 0.25) is 0 Å². The Morgan fingerprint density at radius 3 is 2.83 bits per heavy atom. The Hall–Kier alpha value is -2.03. The highest BCUT2D eigenvalue weighted by Crippen LogP contribution is 2.29. The molecule has 4 rings (SSSR count). The first kappa shape index (κ1) is 20.3. The van der Waals surface area contributed by atoms with Crippen molar-refractivity contribution >= 4 is 16.9 Å². The Kier molecular flexibility index (Phi) is 5.85. The molecule has 2 saturated heterocycles. The molecule has 1 aromatic carbocycles. The van der Waals surface area contributed by atoms with E-state index >= 15 is 0 Å². The summed E-state index contributed by atoms with van der Waals surface area (Å²) >= 11 is 0. The van der Waals surface area contributed by atoms with E-state index in [1.165, 1.54) is 0 Å². The summed E-state index contributed by atoms with van der Waals surface area (Å²) in [7, 11) is 0. The normalized spacial score (nSPS) is 25.4. The Bertz CT molecular complexity index is 880. The summed E-state index contributed by atoms with van der Waals surface area (Å²) in [6.45, 7) is 7.68. The SMILES string of the molecule is CC(C)C1CCN(Cc2nc3ccc(C(N)=O)cc3n2CC2CCO2)CC1OF. The van der Waals surface area contributed by atoms with E-state index in [9.17, 15) is 9.32 Å². The number of benzene rings is 1. The number of hydrogen-bond acceptors (Lipinski definition) is 5. The molecular formula is C21H29FN4O3. The number of nitrogens with two attached hydrogens (primary N) is 1. The average Bonchev–Trinajstić information content (AvgIpc) is 3.00. The summed E-state index contributed by atoms with van der Waals surface area (Å²) in [4.78, 5) is 22.9. The van der Waals surface area contributed by atoms with Crippen LogP contribution >= 0.6 is 0 Å². The number of nitrogens with zero attached hydrogens (tertiary/aromatic N) is 3. The first-order chi connectivity index (χ1) is 14.0. The minimum atomic E-state index is -0.459. The van der Waals surface area contributed by atoms with Gasteiger partial charge in [-0.05, 0) is 53.9 Å². The molecule has 3 heterocycles. The average molecular weight is 404 g/mol. The van der Waals surface area contributed by atoms with Gasteiger partial charge in [0.15, 0.2) is 0 Å². The molecule has 7 nitrogen and oxygen atoms in total. The number of amides is 1. The number of imidazole rings is 1. The maximum absolute atomic E-state index is 13.2. The predicted octanol–water partition coefficient (Wildman–Crippen LogP) is 2.67. The fraction of sp³-hybridized carbons (Fsp3) is 0.619. The van der Waals surface area contributed by atoms with Crippen LogP contribution in [0.5, 0.6) is 0 Å². The lowest BCUT2D eigenvalue weighted by Crippen LogP contribution is -2.46. The van der Waals surface area contributed by atoms with Crippen molar-refractivity contribution in [3.05, 3.63) is 29.6 Å². The van der Waals surface area contributed by atoms with Gasteiger partial charge >= 0.3 is 0 Å². The van der Waals surface area contributed by atoms with Gasteiger partial charge in [0, 0.05) is 18.7 Å². The van der Waals surface area contributed by atoms with Crippen LogP contribution in [0.4, 0.5) is 4.53 Å². The lowest BCUT2D eigenvalue weighted by Gasteiger charge is -2.38. The molecule has 158 valence electrons. The van der Waals surface area contributed by atoms with Crippen LogP contribution in [-0.2, 0) is 22.8 Å². The van der Waals surface area contributed by atoms with E-state index in [0.717, 1.165) is 42.9 Å². The second-order valence-electron chi connectivity index (χ2n) is 8.55. The Morgan fingerprint density at radius 2 is 2.21 bits per heavy atom. The van der Waals surface area contributed by atoms with Crippen molar-refractivity contribution in [2.24, 2.45) is 17.6 Å². The summed E-state index contributed by atoms with van der Waals surface area (Å²) in [5.74, 6) is 1.03. The van der Waals surface area contributed by atoms with Gasteiger partial charge in [-0.15, -0.1) is 0 Å². The van der Waals surface area contributed by atoms with Gasteiger partial charge in [0.05, 0.1) is 30.2 Å². The van der Waals surface area contributed by atoms with E-state index in [1.807, 2.05) is 6.07 Å². The van der Waals surface area contributed by atoms with Gasteiger partial charge < -0.3 is 15.0 Å². The van der Waals surface area contributed by atoms with Gasteiger partial charge in [-0.25, -0.2) is 4.98 Å². The molecule has 2 aromatic rings. The lowest BCUT2D eigenvalue weighted by molar-refractivity contribution is -0.216. The maximum atomic E-state index is 13.2. The fourth-order valence-electron chi connectivity index (χ4n) is 4.48. The largest absolute Gasteiger partial charge is 0.376 e. The van der Waals surface area contributed by atoms with Crippen LogP contribution < -0.4 is 5.73 Å². The molecule has 2 N–H and O–H groups in total. The van der Waals surface area contributed by atoms with Gasteiger partial charge in [0.25, 0.3) is 0 Å². The third-order valence-electron chi connectivity index (χ3n) is 6.32. The molecule has 2 aliphatic rings. The number of rotatable bonds is 7. The molecule has 3 unspecified atom stereocenters. The molecule has 3 atom stereocenters. The smallest absolute Gasteiger partial charge is 0.248 e. The zero-order valence-electron chi connectivity index (χ0n) is 17.0. The number of aromatic nitrogens is 2. The summed E-state index contributed by atoms with van der Waals surface area (Å²) in [6, 6.07) is 5.33. The summed E-state index contributed by atoms with van der Waals surface area (Å²) in [5.41, 5.74) is 7.62. The molecule has 1 aromatic heterocycles. The van der Waals surface area contributed by atoms with E-state index in [-0.39, 0.29) is 12.0 Å². The fourth-order valence-corrected chi connectivity index (χ4v) is 4.48. The molecular weight excluding hydrogens is 375 g/mol. The van der Waals surface area contributed by atoms with Gasteiger partial charge in [-0.2, -0.15) is 4.94 Å². The minimum Gasteiger partial charge on any atom is -0.376 e. The van der Waals surface area contributed by atoms with Crippen LogP contribution in [0.1, 0.15) is 42.9 Å². The van der Waals surface area contributed by atoms with Gasteiger partial charge in [-0.3, -0.25) is 9.69 Å². The highest BCUT2D eigenvalue weighted by Gasteiger charge is 2.33. The first-order valence-electron chi connectivity index (χ1n) is 10.4. The quantitative estimate of drug-likeness (QED) is 0.767. The van der Waals surface area contributed by atoms with Crippen molar-refractivity contribution in [2.45, 2.75) is 52.0 Å². The zero-order chi connectivity index (χ0) is 20.5. The number of carbonyl (C=O) groups is 1. The monoisotopic (exact) mass is 404 g/mol. The predicted molar refractivity (Wildman–Crippen MR) is 107 cm³/mol. The minimum absolute atomic E-state index is 0.150. The Morgan fingerprint density at radius 1 is 1.41 bits per heavy atom. The van der Waals surface area contributed by atoms with Crippen molar-refractivity contribution in [3.8, 4) is 0 Å². The van der Waals surface area contributed by atoms with E-state index in [4.69, 9.17) is 15.5 Å². The standard InChI is InChI=1S/C21H29FN4O3/c1-13(2)16-5-7-25(11-19(16)29-22)12-20-24-17-4-3-14(21(23)27)9-18(17)26(20)10-15-6-8-28-15/h3-4,9,13,15-16,19H,5-8,10-12H2,1-2H3,(H2,23,27). The molecule has 2 aliphatic heterocycles. The van der Waals surface area contributed by atoms with Crippen molar-refractivity contribution in [1.82, 2.24) is 14.5 Å². The second kappa shape index (κ2) is 8.38. The molecule has 8 heteroatoms. The molecule has 0 saturated carbocycles. The number of likely N-dealkylation sites (tertiary alicyclic amines) is 1. The zero-order valence-corrected chi connectivity index (χ0v) is 17.0. The van der Waals surface area contributed by atoms with E-state index in [0.29, 0.717) is 31.1 Å². The molecule has 0 spiro atoms. The maximum Gasteiger partial charge on any atom is 0.248 e. The van der Waals surface area contributed by atoms with E-state index in [1.54, 1.807) is 12.1 Å². The highest BCUT2D eigenvalue weighted by atomic mass is 19.3. The van der Waals surface area contributed by atoms with Crippen LogP contribution in [0.25, 0.3) is 11.0 Å². The Balaban J connectivity index is 1.60. The van der Waals surface area contributed by atoms with Crippen molar-refractivity contribution in [3.63, 3.8) is 0 Å². The summed E-state index contributed by atoms with van der Waals surface area (Å²) < 4.78 is 20.9. The van der Waals surface area contributed by atoms with Gasteiger partial charge in [0.2, 0.25) is 5.91 Å². The Labute approximate surface area is 169 Å². The molecule has 2 fully saturated rings. The van der Waals surface area contributed by atoms with E-state index < -0.39 is 12.0 Å². The van der Waals surface area contributed by atoms with Crippen LogP contribution in [0, 0.1) is 11.8 Å². The molecule has 0 radical (unpaired) electrons.